The van der Waals surface area contributed by atoms with Crippen molar-refractivity contribution in [1.29, 1.82) is 0 Å². The lowest BCUT2D eigenvalue weighted by Gasteiger charge is -2.31. The minimum atomic E-state index is 0.575. The topological polar surface area (TPSA) is 33.7 Å². The second-order valence-corrected chi connectivity index (χ2v) is 5.13. The highest BCUT2D eigenvalue weighted by Crippen LogP contribution is 2.26. The Morgan fingerprint density at radius 1 is 1.32 bits per heavy atom. The Hall–Kier alpha value is -1.26. The molecule has 106 valence electrons. The summed E-state index contributed by atoms with van der Waals surface area (Å²) >= 11 is 0. The molecule has 0 spiro atoms. The Balaban J connectivity index is 1.95. The molecule has 2 rings (SSSR count). The number of ether oxygens (including phenoxy) is 2. The van der Waals surface area contributed by atoms with Crippen LogP contribution in [0.5, 0.6) is 11.5 Å². The van der Waals surface area contributed by atoms with Gasteiger partial charge in [0.05, 0.1) is 14.2 Å². The van der Waals surface area contributed by atoms with Gasteiger partial charge >= 0.3 is 0 Å². The average molecular weight is 264 g/mol. The van der Waals surface area contributed by atoms with Crippen molar-refractivity contribution >= 4 is 0 Å². The van der Waals surface area contributed by atoms with Gasteiger partial charge in [0.1, 0.15) is 11.5 Å². The number of methoxy groups -OCH3 is 2. The number of hydrogen-bond donors (Lipinski definition) is 1. The van der Waals surface area contributed by atoms with Gasteiger partial charge in [0.25, 0.3) is 0 Å². The van der Waals surface area contributed by atoms with E-state index in [1.165, 1.54) is 5.56 Å². The van der Waals surface area contributed by atoms with Crippen LogP contribution in [0.1, 0.15) is 12.0 Å². The first-order valence-corrected chi connectivity index (χ1v) is 6.85. The highest BCUT2D eigenvalue weighted by atomic mass is 16.5. The molecule has 1 atom stereocenters. The third-order valence-corrected chi connectivity index (χ3v) is 3.71. The number of piperazine rings is 1. The van der Waals surface area contributed by atoms with Crippen LogP contribution in [0.25, 0.3) is 0 Å². The summed E-state index contributed by atoms with van der Waals surface area (Å²) in [7, 11) is 5.57. The summed E-state index contributed by atoms with van der Waals surface area (Å²) in [6.45, 7) is 3.35. The van der Waals surface area contributed by atoms with Crippen LogP contribution in [0.2, 0.25) is 0 Å². The van der Waals surface area contributed by atoms with Gasteiger partial charge < -0.3 is 19.7 Å². The van der Waals surface area contributed by atoms with Crippen LogP contribution >= 0.6 is 0 Å². The Labute approximate surface area is 115 Å². The van der Waals surface area contributed by atoms with Crippen molar-refractivity contribution in [2.75, 3.05) is 40.9 Å². The Kier molecular flexibility index (Phi) is 5.05. The van der Waals surface area contributed by atoms with Crippen LogP contribution in [-0.2, 0) is 6.42 Å². The van der Waals surface area contributed by atoms with E-state index in [0.29, 0.717) is 6.04 Å². The highest BCUT2D eigenvalue weighted by molar-refractivity contribution is 5.40. The Morgan fingerprint density at radius 3 is 2.84 bits per heavy atom. The van der Waals surface area contributed by atoms with Crippen LogP contribution in [0.15, 0.2) is 18.2 Å². The number of hydrogen-bond acceptors (Lipinski definition) is 4. The molecule has 0 aliphatic carbocycles. The second kappa shape index (κ2) is 6.78. The van der Waals surface area contributed by atoms with E-state index in [4.69, 9.17) is 9.47 Å². The summed E-state index contributed by atoms with van der Waals surface area (Å²) in [5.74, 6) is 1.76. The molecular weight excluding hydrogens is 240 g/mol. The van der Waals surface area contributed by atoms with Gasteiger partial charge in [-0.25, -0.2) is 0 Å². The fourth-order valence-electron chi connectivity index (χ4n) is 2.57. The van der Waals surface area contributed by atoms with Crippen LogP contribution < -0.4 is 14.8 Å². The molecule has 1 aliphatic rings. The van der Waals surface area contributed by atoms with Gasteiger partial charge in [0.2, 0.25) is 0 Å². The van der Waals surface area contributed by atoms with E-state index in [9.17, 15) is 0 Å². The molecular formula is C15H24N2O2. The zero-order valence-electron chi connectivity index (χ0n) is 12.1. The second-order valence-electron chi connectivity index (χ2n) is 5.13. The number of nitrogens with one attached hydrogen (secondary N) is 1. The molecule has 0 radical (unpaired) electrons. The van der Waals surface area contributed by atoms with E-state index < -0.39 is 0 Å². The molecule has 1 aromatic rings. The van der Waals surface area contributed by atoms with Crippen molar-refractivity contribution in [3.63, 3.8) is 0 Å². The zero-order chi connectivity index (χ0) is 13.7. The van der Waals surface area contributed by atoms with Crippen molar-refractivity contribution in [1.82, 2.24) is 10.2 Å². The molecule has 0 aromatic heterocycles. The van der Waals surface area contributed by atoms with Crippen LogP contribution in [0, 0.1) is 0 Å². The third-order valence-electron chi connectivity index (χ3n) is 3.71. The molecule has 1 unspecified atom stereocenters. The number of rotatable bonds is 5. The fraction of sp³-hybridized carbons (Fsp3) is 0.600. The predicted octanol–water partition coefficient (Wildman–Crippen LogP) is 1.54. The van der Waals surface area contributed by atoms with Crippen molar-refractivity contribution in [2.45, 2.75) is 18.9 Å². The maximum Gasteiger partial charge on any atom is 0.125 e. The Morgan fingerprint density at radius 2 is 2.16 bits per heavy atom. The SMILES string of the molecule is COc1ccc(CCC2CN(C)CCN2)c(OC)c1. The molecule has 4 heteroatoms. The normalized spacial score (nSPS) is 20.3. The van der Waals surface area contributed by atoms with E-state index in [0.717, 1.165) is 44.0 Å². The van der Waals surface area contributed by atoms with Crippen molar-refractivity contribution in [3.05, 3.63) is 23.8 Å². The van der Waals surface area contributed by atoms with Crippen molar-refractivity contribution in [2.24, 2.45) is 0 Å². The molecule has 1 aliphatic heterocycles. The van der Waals surface area contributed by atoms with E-state index in [-0.39, 0.29) is 0 Å². The lowest BCUT2D eigenvalue weighted by molar-refractivity contribution is 0.232. The monoisotopic (exact) mass is 264 g/mol. The zero-order valence-corrected chi connectivity index (χ0v) is 12.1. The third kappa shape index (κ3) is 3.85. The van der Waals surface area contributed by atoms with Gasteiger partial charge in [0.15, 0.2) is 0 Å². The molecule has 0 amide bonds. The van der Waals surface area contributed by atoms with Gasteiger partial charge in [-0.3, -0.25) is 0 Å². The summed E-state index contributed by atoms with van der Waals surface area (Å²) < 4.78 is 10.7. The molecule has 4 nitrogen and oxygen atoms in total. The summed E-state index contributed by atoms with van der Waals surface area (Å²) in [6, 6.07) is 6.63. The number of benzene rings is 1. The van der Waals surface area contributed by atoms with Crippen LogP contribution in [0.3, 0.4) is 0 Å². The average Bonchev–Trinajstić information content (AvgIpc) is 2.45. The first-order chi connectivity index (χ1) is 9.22. The minimum Gasteiger partial charge on any atom is -0.497 e. The molecule has 1 fully saturated rings. The minimum absolute atomic E-state index is 0.575. The van der Waals surface area contributed by atoms with Gasteiger partial charge in [-0.2, -0.15) is 0 Å². The molecule has 0 bridgehead atoms. The first kappa shape index (κ1) is 14.2. The number of nitrogens with zero attached hydrogens (tertiary/aromatic N) is 1. The van der Waals surface area contributed by atoms with Crippen LogP contribution in [0.4, 0.5) is 0 Å². The molecule has 1 heterocycles. The molecule has 1 aromatic carbocycles. The largest absolute Gasteiger partial charge is 0.497 e. The molecule has 1 saturated heterocycles. The fourth-order valence-corrected chi connectivity index (χ4v) is 2.57. The van der Waals surface area contributed by atoms with Crippen molar-refractivity contribution in [3.8, 4) is 11.5 Å². The lowest BCUT2D eigenvalue weighted by atomic mass is 10.0. The quantitative estimate of drug-likeness (QED) is 0.874. The maximum atomic E-state index is 5.44. The predicted molar refractivity (Wildman–Crippen MR) is 77.2 cm³/mol. The highest BCUT2D eigenvalue weighted by Gasteiger charge is 2.16. The standard InChI is InChI=1S/C15H24N2O2/c1-17-9-8-16-13(11-17)6-4-12-5-7-14(18-2)10-15(12)19-3/h5,7,10,13,16H,4,6,8-9,11H2,1-3H3. The summed E-state index contributed by atoms with van der Waals surface area (Å²) in [6.07, 6.45) is 2.16. The Bertz CT molecular complexity index is 409. The van der Waals surface area contributed by atoms with E-state index >= 15 is 0 Å². The maximum absolute atomic E-state index is 5.44. The first-order valence-electron chi connectivity index (χ1n) is 6.85. The number of likely N-dealkylation sites (N-methyl/N-ethyl adjacent to an activating group) is 1. The van der Waals surface area contributed by atoms with Gasteiger partial charge in [-0.05, 0) is 31.5 Å². The summed E-state index contributed by atoms with van der Waals surface area (Å²) in [5.41, 5.74) is 1.25. The van der Waals surface area contributed by atoms with Gasteiger partial charge in [-0.15, -0.1) is 0 Å². The van der Waals surface area contributed by atoms with E-state index in [1.807, 2.05) is 12.1 Å². The van der Waals surface area contributed by atoms with Crippen molar-refractivity contribution < 1.29 is 9.47 Å². The smallest absolute Gasteiger partial charge is 0.125 e. The van der Waals surface area contributed by atoms with Gasteiger partial charge in [-0.1, -0.05) is 6.07 Å². The van der Waals surface area contributed by atoms with E-state index in [2.05, 4.69) is 23.3 Å². The molecule has 1 N–H and O–H groups in total. The van der Waals surface area contributed by atoms with E-state index in [1.54, 1.807) is 14.2 Å². The number of aryl methyl sites for hydroxylation is 1. The lowest BCUT2D eigenvalue weighted by Crippen LogP contribution is -2.49. The molecule has 19 heavy (non-hydrogen) atoms. The van der Waals surface area contributed by atoms with Crippen LogP contribution in [-0.4, -0.2) is 51.8 Å². The molecule has 0 saturated carbocycles. The van der Waals surface area contributed by atoms with Gasteiger partial charge in [0, 0.05) is 31.7 Å². The summed E-state index contributed by atoms with van der Waals surface area (Å²) in [5, 5.41) is 3.57. The summed E-state index contributed by atoms with van der Waals surface area (Å²) in [4.78, 5) is 2.38.